The van der Waals surface area contributed by atoms with E-state index in [4.69, 9.17) is 9.26 Å². The molecular formula is C14H16N2O4. The third-order valence-electron chi connectivity index (χ3n) is 2.68. The van der Waals surface area contributed by atoms with Gasteiger partial charge in [0.15, 0.2) is 6.61 Å². The Kier molecular flexibility index (Phi) is 4.73. The topological polar surface area (TPSA) is 84.6 Å². The van der Waals surface area contributed by atoms with Crippen molar-refractivity contribution >= 4 is 5.91 Å². The molecule has 1 heterocycles. The monoisotopic (exact) mass is 276 g/mol. The number of carbonyl (C=O) groups excluding carboxylic acids is 1. The molecule has 1 aromatic heterocycles. The largest absolute Gasteiger partial charge is 0.465 e. The van der Waals surface area contributed by atoms with Gasteiger partial charge in [-0.2, -0.15) is 0 Å². The van der Waals surface area contributed by atoms with Gasteiger partial charge < -0.3 is 19.7 Å². The minimum atomic E-state index is -0.452. The third-order valence-corrected chi connectivity index (χ3v) is 2.68. The number of aliphatic hydroxyl groups is 1. The molecule has 0 saturated heterocycles. The molecule has 0 fully saturated rings. The van der Waals surface area contributed by atoms with E-state index in [-0.39, 0.29) is 25.0 Å². The van der Waals surface area contributed by atoms with Gasteiger partial charge in [0.1, 0.15) is 5.76 Å². The van der Waals surface area contributed by atoms with Crippen LogP contribution in [0.3, 0.4) is 0 Å². The molecule has 20 heavy (non-hydrogen) atoms. The van der Waals surface area contributed by atoms with Crippen LogP contribution >= 0.6 is 0 Å². The molecule has 0 spiro atoms. The maximum Gasteiger partial charge on any atom is 0.258 e. The summed E-state index contributed by atoms with van der Waals surface area (Å²) in [6.45, 7) is 1.37. The lowest BCUT2D eigenvalue weighted by Gasteiger charge is -2.16. The Labute approximate surface area is 116 Å². The number of nitrogens with zero attached hydrogens (tertiary/aromatic N) is 1. The number of aliphatic hydroxyl groups excluding tert-OH is 1. The Balaban J connectivity index is 1.86. The van der Waals surface area contributed by atoms with Crippen LogP contribution in [0, 0.1) is 6.92 Å². The number of aromatic nitrogens is 1. The molecule has 6 heteroatoms. The molecule has 0 unspecified atom stereocenters. The highest BCUT2D eigenvalue weighted by Crippen LogP contribution is 2.12. The summed E-state index contributed by atoms with van der Waals surface area (Å²) in [7, 11) is 0. The first-order chi connectivity index (χ1) is 9.69. The average Bonchev–Trinajstić information content (AvgIpc) is 2.89. The number of hydrogen-bond donors (Lipinski definition) is 2. The third kappa shape index (κ3) is 3.83. The molecule has 0 aliphatic rings. The number of hydrogen-bond acceptors (Lipinski definition) is 5. The van der Waals surface area contributed by atoms with E-state index in [1.54, 1.807) is 13.0 Å². The molecule has 1 aromatic carbocycles. The van der Waals surface area contributed by atoms with Crippen molar-refractivity contribution in [2.24, 2.45) is 0 Å². The van der Waals surface area contributed by atoms with Crippen molar-refractivity contribution in [3.05, 3.63) is 47.7 Å². The van der Waals surface area contributed by atoms with Crippen LogP contribution in [0.2, 0.25) is 0 Å². The smallest absolute Gasteiger partial charge is 0.258 e. The van der Waals surface area contributed by atoms with Crippen LogP contribution in [-0.4, -0.2) is 29.4 Å². The number of rotatable bonds is 6. The first kappa shape index (κ1) is 14.1. The minimum Gasteiger partial charge on any atom is -0.465 e. The predicted molar refractivity (Wildman–Crippen MR) is 71.1 cm³/mol. The molecule has 6 nitrogen and oxygen atoms in total. The van der Waals surface area contributed by atoms with E-state index in [1.165, 1.54) is 0 Å². The number of amides is 1. The summed E-state index contributed by atoms with van der Waals surface area (Å²) in [4.78, 5) is 11.8. The fourth-order valence-corrected chi connectivity index (χ4v) is 1.71. The van der Waals surface area contributed by atoms with Crippen molar-refractivity contribution in [2.45, 2.75) is 13.0 Å². The van der Waals surface area contributed by atoms with E-state index in [0.29, 0.717) is 5.76 Å². The molecule has 1 amide bonds. The Hall–Kier alpha value is -2.34. The number of nitrogens with one attached hydrogen (secondary N) is 1. The quantitative estimate of drug-likeness (QED) is 0.828. The second-order valence-corrected chi connectivity index (χ2v) is 4.28. The summed E-state index contributed by atoms with van der Waals surface area (Å²) in [5, 5.41) is 15.6. The predicted octanol–water partition coefficient (Wildman–Crippen LogP) is 1.21. The van der Waals surface area contributed by atoms with Crippen LogP contribution in [0.1, 0.15) is 17.4 Å². The molecule has 0 radical (unpaired) electrons. The molecule has 1 atom stereocenters. The van der Waals surface area contributed by atoms with E-state index in [1.807, 2.05) is 30.3 Å². The molecule has 2 rings (SSSR count). The lowest BCUT2D eigenvalue weighted by Crippen LogP contribution is -2.34. The maximum atomic E-state index is 11.8. The molecule has 0 bridgehead atoms. The summed E-state index contributed by atoms with van der Waals surface area (Å²) < 4.78 is 9.99. The van der Waals surface area contributed by atoms with Crippen molar-refractivity contribution in [3.63, 3.8) is 0 Å². The zero-order chi connectivity index (χ0) is 14.4. The zero-order valence-electron chi connectivity index (χ0n) is 11.1. The van der Waals surface area contributed by atoms with Gasteiger partial charge in [0, 0.05) is 6.07 Å². The molecule has 106 valence electrons. The molecule has 0 aliphatic heterocycles. The van der Waals surface area contributed by atoms with Crippen molar-refractivity contribution in [2.75, 3.05) is 13.2 Å². The van der Waals surface area contributed by atoms with Gasteiger partial charge in [-0.15, -0.1) is 0 Å². The van der Waals surface area contributed by atoms with Crippen molar-refractivity contribution < 1.29 is 19.2 Å². The summed E-state index contributed by atoms with van der Waals surface area (Å²) >= 11 is 0. The lowest BCUT2D eigenvalue weighted by atomic mass is 10.1. The minimum absolute atomic E-state index is 0.182. The first-order valence-corrected chi connectivity index (χ1v) is 6.20. The first-order valence-electron chi connectivity index (χ1n) is 6.20. The van der Waals surface area contributed by atoms with Gasteiger partial charge in [-0.3, -0.25) is 4.79 Å². The average molecular weight is 276 g/mol. The van der Waals surface area contributed by atoms with E-state index >= 15 is 0 Å². The molecular weight excluding hydrogens is 260 g/mol. The van der Waals surface area contributed by atoms with Gasteiger partial charge in [0.05, 0.1) is 12.6 Å². The van der Waals surface area contributed by atoms with Crippen LogP contribution in [0.15, 0.2) is 40.9 Å². The summed E-state index contributed by atoms with van der Waals surface area (Å²) in [5.74, 6) is 0.532. The van der Waals surface area contributed by atoms with E-state index in [2.05, 4.69) is 10.5 Å². The number of benzene rings is 1. The zero-order valence-corrected chi connectivity index (χ0v) is 11.1. The number of aryl methyl sites for hydroxylation is 1. The van der Waals surface area contributed by atoms with Gasteiger partial charge in [-0.1, -0.05) is 30.3 Å². The SMILES string of the molecule is Cc1cc(OCC(=O)N[C@H](CO)c2ccccc2)no1. The summed E-state index contributed by atoms with van der Waals surface area (Å²) in [6, 6.07) is 10.4. The Bertz CT molecular complexity index is 553. The normalized spacial score (nSPS) is 11.9. The molecule has 0 saturated carbocycles. The Morgan fingerprint density at radius 1 is 1.45 bits per heavy atom. The van der Waals surface area contributed by atoms with Crippen LogP contribution in [0.4, 0.5) is 0 Å². The highest BCUT2D eigenvalue weighted by atomic mass is 16.5. The van der Waals surface area contributed by atoms with E-state index < -0.39 is 6.04 Å². The van der Waals surface area contributed by atoms with Crippen LogP contribution in [0.25, 0.3) is 0 Å². The van der Waals surface area contributed by atoms with Gasteiger partial charge >= 0.3 is 0 Å². The van der Waals surface area contributed by atoms with Crippen molar-refractivity contribution in [1.82, 2.24) is 10.5 Å². The van der Waals surface area contributed by atoms with Gasteiger partial charge in [-0.25, -0.2) is 0 Å². The van der Waals surface area contributed by atoms with Gasteiger partial charge in [0.25, 0.3) is 11.8 Å². The lowest BCUT2D eigenvalue weighted by molar-refractivity contribution is -0.124. The highest BCUT2D eigenvalue weighted by molar-refractivity contribution is 5.78. The summed E-state index contributed by atoms with van der Waals surface area (Å²) in [5.41, 5.74) is 0.834. The standard InChI is InChI=1S/C14H16N2O4/c1-10-7-14(16-20-10)19-9-13(18)15-12(8-17)11-5-3-2-4-6-11/h2-7,12,17H,8-9H2,1H3,(H,15,18)/t12-/m1/s1. The van der Waals surface area contributed by atoms with Crippen LogP contribution in [-0.2, 0) is 4.79 Å². The second-order valence-electron chi connectivity index (χ2n) is 4.28. The summed E-state index contributed by atoms with van der Waals surface area (Å²) in [6.07, 6.45) is 0. The highest BCUT2D eigenvalue weighted by Gasteiger charge is 2.14. The molecule has 2 N–H and O–H groups in total. The molecule has 0 aliphatic carbocycles. The van der Waals surface area contributed by atoms with Crippen LogP contribution in [0.5, 0.6) is 5.88 Å². The van der Waals surface area contributed by atoms with Gasteiger partial charge in [-0.05, 0) is 17.6 Å². The van der Waals surface area contributed by atoms with E-state index in [9.17, 15) is 9.90 Å². The number of carbonyl (C=O) groups is 1. The fourth-order valence-electron chi connectivity index (χ4n) is 1.71. The van der Waals surface area contributed by atoms with Gasteiger partial charge in [0.2, 0.25) is 0 Å². The van der Waals surface area contributed by atoms with Crippen LogP contribution < -0.4 is 10.1 Å². The second kappa shape index (κ2) is 6.72. The molecule has 2 aromatic rings. The fraction of sp³-hybridized carbons (Fsp3) is 0.286. The van der Waals surface area contributed by atoms with Crippen molar-refractivity contribution in [3.8, 4) is 5.88 Å². The Morgan fingerprint density at radius 3 is 2.80 bits per heavy atom. The van der Waals surface area contributed by atoms with E-state index in [0.717, 1.165) is 5.56 Å². The maximum absolute atomic E-state index is 11.8. The number of ether oxygens (including phenoxy) is 1. The van der Waals surface area contributed by atoms with Crippen molar-refractivity contribution in [1.29, 1.82) is 0 Å². The Morgan fingerprint density at radius 2 is 2.20 bits per heavy atom.